The summed E-state index contributed by atoms with van der Waals surface area (Å²) in [5, 5.41) is 2.59. The van der Waals surface area contributed by atoms with Gasteiger partial charge in [-0.15, -0.1) is 0 Å². The van der Waals surface area contributed by atoms with Crippen molar-refractivity contribution >= 4 is 61.5 Å². The molecular weight excluding hydrogens is 169 g/mol. The van der Waals surface area contributed by atoms with Crippen molar-refractivity contribution in [2.75, 3.05) is 19.3 Å². The minimum atomic E-state index is -3.75. The van der Waals surface area contributed by atoms with Gasteiger partial charge in [-0.3, -0.25) is 4.55 Å². The third-order valence-electron chi connectivity index (χ3n) is 0.610. The van der Waals surface area contributed by atoms with E-state index in [1.807, 2.05) is 0 Å². The Labute approximate surface area is 97.6 Å². The molecule has 0 aromatic heterocycles. The summed E-state index contributed by atoms with van der Waals surface area (Å²) < 4.78 is 27.9. The van der Waals surface area contributed by atoms with E-state index in [-0.39, 0.29) is 57.1 Å². The molecule has 0 aromatic carbocycles. The fraction of sp³-hybridized carbons (Fsp3) is 1.00. The molecule has 0 saturated carbocycles. The van der Waals surface area contributed by atoms with Crippen molar-refractivity contribution in [3.63, 3.8) is 0 Å². The van der Waals surface area contributed by atoms with Crippen LogP contribution < -0.4 is 5.32 Å². The maximum absolute atomic E-state index is 9.91. The molecular formula is C3H9KNO3S. The molecule has 0 heterocycles. The fourth-order valence-corrected chi connectivity index (χ4v) is 0.693. The van der Waals surface area contributed by atoms with Crippen LogP contribution >= 0.6 is 0 Å². The zero-order chi connectivity index (χ0) is 6.62. The molecule has 0 unspecified atom stereocenters. The number of hydrogen-bond donors (Lipinski definition) is 2. The third kappa shape index (κ3) is 12.7. The second-order valence-corrected chi connectivity index (χ2v) is 2.96. The van der Waals surface area contributed by atoms with Gasteiger partial charge < -0.3 is 5.32 Å². The monoisotopic (exact) mass is 178 g/mol. The van der Waals surface area contributed by atoms with Gasteiger partial charge in [0.05, 0.1) is 5.75 Å². The Bertz CT molecular complexity index is 143. The van der Waals surface area contributed by atoms with Crippen molar-refractivity contribution < 1.29 is 13.0 Å². The van der Waals surface area contributed by atoms with Crippen molar-refractivity contribution in [1.82, 2.24) is 5.32 Å². The predicted octanol–water partition coefficient (Wildman–Crippen LogP) is -1.29. The van der Waals surface area contributed by atoms with E-state index in [1.165, 1.54) is 0 Å². The molecule has 1 radical (unpaired) electrons. The first-order valence-corrected chi connectivity index (χ1v) is 3.77. The first-order chi connectivity index (χ1) is 3.56. The van der Waals surface area contributed by atoms with Crippen molar-refractivity contribution in [3.8, 4) is 0 Å². The van der Waals surface area contributed by atoms with Crippen LogP contribution in [0.1, 0.15) is 0 Å². The maximum atomic E-state index is 9.91. The summed E-state index contributed by atoms with van der Waals surface area (Å²) in [4.78, 5) is 0. The Kier molecular flexibility index (Phi) is 9.09. The predicted molar refractivity (Wildman–Crippen MR) is 36.1 cm³/mol. The second kappa shape index (κ2) is 6.23. The SMILES string of the molecule is CNCCS(=O)(=O)O.[K]. The molecule has 0 spiro atoms. The minimum Gasteiger partial charge on any atom is -0.319 e. The fourth-order valence-electron chi connectivity index (χ4n) is 0.231. The van der Waals surface area contributed by atoms with Gasteiger partial charge in [-0.25, -0.2) is 0 Å². The van der Waals surface area contributed by atoms with Gasteiger partial charge >= 0.3 is 0 Å². The van der Waals surface area contributed by atoms with E-state index in [1.54, 1.807) is 7.05 Å². The number of rotatable bonds is 3. The summed E-state index contributed by atoms with van der Waals surface area (Å²) >= 11 is 0. The van der Waals surface area contributed by atoms with Crippen LogP contribution in [0.15, 0.2) is 0 Å². The van der Waals surface area contributed by atoms with E-state index in [4.69, 9.17) is 4.55 Å². The summed E-state index contributed by atoms with van der Waals surface area (Å²) in [5.74, 6) is -0.219. The standard InChI is InChI=1S/C3H9NO3S.K/c1-4-2-3-8(5,6)7;/h4H,2-3H2,1H3,(H,5,6,7);. The maximum Gasteiger partial charge on any atom is 0.266 e. The first-order valence-electron chi connectivity index (χ1n) is 2.16. The van der Waals surface area contributed by atoms with Crippen LogP contribution in [0.3, 0.4) is 0 Å². The summed E-state index contributed by atoms with van der Waals surface area (Å²) in [6.07, 6.45) is 0. The van der Waals surface area contributed by atoms with Gasteiger partial charge in [-0.05, 0) is 7.05 Å². The van der Waals surface area contributed by atoms with E-state index >= 15 is 0 Å². The smallest absolute Gasteiger partial charge is 0.266 e. The average molecular weight is 178 g/mol. The Hall–Kier alpha value is 1.51. The summed E-state index contributed by atoms with van der Waals surface area (Å²) in [7, 11) is -2.13. The molecule has 0 fully saturated rings. The Morgan fingerprint density at radius 2 is 2.00 bits per heavy atom. The van der Waals surface area contributed by atoms with Crippen LogP contribution in [0, 0.1) is 0 Å². The van der Waals surface area contributed by atoms with E-state index in [0.29, 0.717) is 6.54 Å². The summed E-state index contributed by atoms with van der Waals surface area (Å²) in [6, 6.07) is 0. The average Bonchev–Trinajstić information content (AvgIpc) is 1.59. The van der Waals surface area contributed by atoms with Gasteiger partial charge in [0.15, 0.2) is 0 Å². The Morgan fingerprint density at radius 1 is 1.56 bits per heavy atom. The molecule has 0 aromatic rings. The van der Waals surface area contributed by atoms with Crippen LogP contribution in [0.2, 0.25) is 0 Å². The molecule has 4 nitrogen and oxygen atoms in total. The minimum absolute atomic E-state index is 0. The molecule has 9 heavy (non-hydrogen) atoms. The molecule has 2 N–H and O–H groups in total. The van der Waals surface area contributed by atoms with Crippen LogP contribution in [-0.4, -0.2) is 83.7 Å². The normalized spacial score (nSPS) is 10.4. The number of hydrogen-bond acceptors (Lipinski definition) is 3. The second-order valence-electron chi connectivity index (χ2n) is 1.39. The van der Waals surface area contributed by atoms with Gasteiger partial charge in [0.25, 0.3) is 10.1 Å². The molecule has 0 rings (SSSR count). The topological polar surface area (TPSA) is 66.4 Å². The van der Waals surface area contributed by atoms with Crippen molar-refractivity contribution in [3.05, 3.63) is 0 Å². The zero-order valence-electron chi connectivity index (χ0n) is 5.59. The third-order valence-corrected chi connectivity index (χ3v) is 1.33. The van der Waals surface area contributed by atoms with Crippen molar-refractivity contribution in [1.29, 1.82) is 0 Å². The van der Waals surface area contributed by atoms with Crippen LogP contribution in [0.4, 0.5) is 0 Å². The zero-order valence-corrected chi connectivity index (χ0v) is 9.53. The molecule has 0 aliphatic carbocycles. The van der Waals surface area contributed by atoms with Crippen LogP contribution in [-0.2, 0) is 10.1 Å². The van der Waals surface area contributed by atoms with Gasteiger partial charge in [-0.2, -0.15) is 8.42 Å². The van der Waals surface area contributed by atoms with Gasteiger partial charge in [0.2, 0.25) is 0 Å². The van der Waals surface area contributed by atoms with Crippen LogP contribution in [0.5, 0.6) is 0 Å². The van der Waals surface area contributed by atoms with Crippen LogP contribution in [0.25, 0.3) is 0 Å². The van der Waals surface area contributed by atoms with Crippen molar-refractivity contribution in [2.24, 2.45) is 0 Å². The largest absolute Gasteiger partial charge is 0.319 e. The van der Waals surface area contributed by atoms with E-state index < -0.39 is 10.1 Å². The molecule has 0 saturated heterocycles. The Balaban J connectivity index is 0. The summed E-state index contributed by atoms with van der Waals surface area (Å²) in [5.41, 5.74) is 0. The van der Waals surface area contributed by atoms with Gasteiger partial charge in [-0.1, -0.05) is 0 Å². The first kappa shape index (κ1) is 13.1. The van der Waals surface area contributed by atoms with Gasteiger partial charge in [0.1, 0.15) is 0 Å². The quantitative estimate of drug-likeness (QED) is 0.417. The van der Waals surface area contributed by atoms with E-state index in [9.17, 15) is 8.42 Å². The molecule has 0 aliphatic rings. The van der Waals surface area contributed by atoms with E-state index in [2.05, 4.69) is 5.32 Å². The summed E-state index contributed by atoms with van der Waals surface area (Å²) in [6.45, 7) is 0.291. The molecule has 51 valence electrons. The van der Waals surface area contributed by atoms with Crippen molar-refractivity contribution in [2.45, 2.75) is 0 Å². The number of nitrogens with one attached hydrogen (secondary N) is 1. The molecule has 0 aliphatic heterocycles. The molecule has 0 bridgehead atoms. The molecule has 6 heteroatoms. The molecule has 0 atom stereocenters. The van der Waals surface area contributed by atoms with E-state index in [0.717, 1.165) is 0 Å². The Morgan fingerprint density at radius 3 is 2.11 bits per heavy atom. The van der Waals surface area contributed by atoms with Gasteiger partial charge in [0, 0.05) is 57.9 Å². The molecule has 0 amide bonds.